The smallest absolute Gasteiger partial charge is 0.225 e. The van der Waals surface area contributed by atoms with Gasteiger partial charge in [0.05, 0.1) is 16.3 Å². The molecule has 4 aromatic rings. The minimum absolute atomic E-state index is 0.835. The molecule has 0 saturated carbocycles. The fourth-order valence-corrected chi connectivity index (χ4v) is 4.78. The molecule has 0 spiro atoms. The fourth-order valence-electron chi connectivity index (χ4n) is 3.74. The van der Waals surface area contributed by atoms with E-state index in [0.29, 0.717) is 0 Å². The first kappa shape index (κ1) is 18.0. The third kappa shape index (κ3) is 3.66. The standard InChI is InChI=1S/C24H22N4S/c1-17-22(21-13-14-25-24(27-21)28-15-5-6-16-28)29-23(26-17)20-11-9-19(10-12-20)18-7-3-2-4-8-18/h2-4,7-14H,5-6,15-16H2,1H3. The van der Waals surface area contributed by atoms with Crippen molar-refractivity contribution in [2.24, 2.45) is 0 Å². The van der Waals surface area contributed by atoms with Crippen LogP contribution in [0.5, 0.6) is 0 Å². The molecule has 4 nitrogen and oxygen atoms in total. The lowest BCUT2D eigenvalue weighted by atomic mass is 10.0. The number of aromatic nitrogens is 3. The lowest BCUT2D eigenvalue weighted by molar-refractivity contribution is 0.900. The molecule has 3 heterocycles. The van der Waals surface area contributed by atoms with Crippen LogP contribution >= 0.6 is 11.3 Å². The summed E-state index contributed by atoms with van der Waals surface area (Å²) >= 11 is 1.70. The molecule has 29 heavy (non-hydrogen) atoms. The maximum Gasteiger partial charge on any atom is 0.225 e. The van der Waals surface area contributed by atoms with Crippen LogP contribution in [0.1, 0.15) is 18.5 Å². The van der Waals surface area contributed by atoms with E-state index in [2.05, 4.69) is 65.3 Å². The van der Waals surface area contributed by atoms with Crippen molar-refractivity contribution in [3.63, 3.8) is 0 Å². The van der Waals surface area contributed by atoms with Crippen molar-refractivity contribution in [3.05, 3.63) is 72.6 Å². The van der Waals surface area contributed by atoms with Crippen molar-refractivity contribution in [3.8, 4) is 32.3 Å². The van der Waals surface area contributed by atoms with Crippen molar-refractivity contribution in [2.75, 3.05) is 18.0 Å². The number of thiazole rings is 1. The highest BCUT2D eigenvalue weighted by Gasteiger charge is 2.17. The molecular weight excluding hydrogens is 376 g/mol. The van der Waals surface area contributed by atoms with Crippen molar-refractivity contribution in [1.82, 2.24) is 15.0 Å². The largest absolute Gasteiger partial charge is 0.341 e. The average Bonchev–Trinajstić information content (AvgIpc) is 3.45. The van der Waals surface area contributed by atoms with Crippen LogP contribution in [0.15, 0.2) is 66.9 Å². The first-order chi connectivity index (χ1) is 14.3. The Morgan fingerprint density at radius 2 is 1.48 bits per heavy atom. The van der Waals surface area contributed by atoms with E-state index >= 15 is 0 Å². The van der Waals surface area contributed by atoms with E-state index in [1.54, 1.807) is 11.3 Å². The number of anilines is 1. The molecule has 0 amide bonds. The molecule has 5 heteroatoms. The Hall–Kier alpha value is -3.05. The van der Waals surface area contributed by atoms with Crippen LogP contribution in [-0.2, 0) is 0 Å². The molecule has 0 unspecified atom stereocenters. The lowest BCUT2D eigenvalue weighted by Gasteiger charge is -2.15. The quantitative estimate of drug-likeness (QED) is 0.433. The molecule has 1 saturated heterocycles. The number of benzene rings is 2. The molecule has 144 valence electrons. The monoisotopic (exact) mass is 398 g/mol. The van der Waals surface area contributed by atoms with Crippen molar-refractivity contribution in [1.29, 1.82) is 0 Å². The highest BCUT2D eigenvalue weighted by Crippen LogP contribution is 2.35. The van der Waals surface area contributed by atoms with Crippen molar-refractivity contribution >= 4 is 17.3 Å². The van der Waals surface area contributed by atoms with Gasteiger partial charge in [-0.25, -0.2) is 15.0 Å². The van der Waals surface area contributed by atoms with Crippen LogP contribution in [0, 0.1) is 6.92 Å². The van der Waals surface area contributed by atoms with Gasteiger partial charge >= 0.3 is 0 Å². The summed E-state index contributed by atoms with van der Waals surface area (Å²) < 4.78 is 0. The molecule has 1 aliphatic rings. The van der Waals surface area contributed by atoms with Crippen LogP contribution in [-0.4, -0.2) is 28.0 Å². The molecular formula is C24H22N4S. The number of hydrogen-bond donors (Lipinski definition) is 0. The average molecular weight is 399 g/mol. The van der Waals surface area contributed by atoms with Crippen molar-refractivity contribution < 1.29 is 0 Å². The summed E-state index contributed by atoms with van der Waals surface area (Å²) in [6.45, 7) is 4.15. The molecule has 0 bridgehead atoms. The molecule has 0 N–H and O–H groups in total. The molecule has 1 aliphatic heterocycles. The van der Waals surface area contributed by atoms with Crippen LogP contribution in [0.3, 0.4) is 0 Å². The number of rotatable bonds is 4. The first-order valence-corrected chi connectivity index (χ1v) is 10.8. The zero-order chi connectivity index (χ0) is 19.6. The van der Waals surface area contributed by atoms with Crippen LogP contribution in [0.25, 0.3) is 32.3 Å². The second-order valence-corrected chi connectivity index (χ2v) is 8.31. The van der Waals surface area contributed by atoms with Gasteiger partial charge in [0, 0.05) is 24.8 Å². The van der Waals surface area contributed by atoms with Gasteiger partial charge in [-0.2, -0.15) is 0 Å². The van der Waals surface area contributed by atoms with E-state index in [0.717, 1.165) is 45.9 Å². The third-order valence-electron chi connectivity index (χ3n) is 5.30. The highest BCUT2D eigenvalue weighted by atomic mass is 32.1. The predicted molar refractivity (Wildman–Crippen MR) is 120 cm³/mol. The van der Waals surface area contributed by atoms with Gasteiger partial charge in [-0.1, -0.05) is 54.6 Å². The normalized spacial score (nSPS) is 13.8. The summed E-state index contributed by atoms with van der Waals surface area (Å²) in [4.78, 5) is 17.5. The number of hydrogen-bond acceptors (Lipinski definition) is 5. The first-order valence-electron chi connectivity index (χ1n) is 9.99. The van der Waals surface area contributed by atoms with Gasteiger partial charge in [0.2, 0.25) is 5.95 Å². The summed E-state index contributed by atoms with van der Waals surface area (Å²) in [7, 11) is 0. The van der Waals surface area contributed by atoms with Gasteiger partial charge in [0.25, 0.3) is 0 Å². The Bertz CT molecular complexity index is 1110. The van der Waals surface area contributed by atoms with Gasteiger partial charge < -0.3 is 4.90 Å². The van der Waals surface area contributed by atoms with E-state index in [1.807, 2.05) is 18.3 Å². The Balaban J connectivity index is 1.44. The van der Waals surface area contributed by atoms with E-state index in [1.165, 1.54) is 24.0 Å². The summed E-state index contributed by atoms with van der Waals surface area (Å²) in [6.07, 6.45) is 4.30. The maximum absolute atomic E-state index is 4.83. The Morgan fingerprint density at radius 1 is 0.793 bits per heavy atom. The fraction of sp³-hybridized carbons (Fsp3) is 0.208. The molecule has 0 aliphatic carbocycles. The zero-order valence-electron chi connectivity index (χ0n) is 16.4. The number of nitrogens with zero attached hydrogens (tertiary/aromatic N) is 4. The minimum atomic E-state index is 0.835. The topological polar surface area (TPSA) is 41.9 Å². The van der Waals surface area contributed by atoms with Crippen LogP contribution < -0.4 is 4.90 Å². The van der Waals surface area contributed by atoms with Gasteiger partial charge in [0.1, 0.15) is 5.01 Å². The Kier molecular flexibility index (Phi) is 4.82. The Labute approximate surface area is 174 Å². The molecule has 0 radical (unpaired) electrons. The zero-order valence-corrected chi connectivity index (χ0v) is 17.2. The van der Waals surface area contributed by atoms with E-state index in [-0.39, 0.29) is 0 Å². The predicted octanol–water partition coefficient (Wildman–Crippen LogP) is 5.84. The summed E-state index contributed by atoms with van der Waals surface area (Å²) in [5.41, 5.74) is 5.56. The van der Waals surface area contributed by atoms with E-state index < -0.39 is 0 Å². The maximum atomic E-state index is 4.83. The van der Waals surface area contributed by atoms with Crippen molar-refractivity contribution in [2.45, 2.75) is 19.8 Å². The molecule has 5 rings (SSSR count). The lowest BCUT2D eigenvalue weighted by Crippen LogP contribution is -2.20. The second-order valence-electron chi connectivity index (χ2n) is 7.31. The summed E-state index contributed by atoms with van der Waals surface area (Å²) in [5.74, 6) is 0.835. The minimum Gasteiger partial charge on any atom is -0.341 e. The van der Waals surface area contributed by atoms with Gasteiger partial charge in [-0.05, 0) is 37.0 Å². The Morgan fingerprint density at radius 3 is 2.24 bits per heavy atom. The SMILES string of the molecule is Cc1nc(-c2ccc(-c3ccccc3)cc2)sc1-c1ccnc(N2CCCC2)n1. The summed E-state index contributed by atoms with van der Waals surface area (Å²) in [6, 6.07) is 21.1. The van der Waals surface area contributed by atoms with E-state index in [4.69, 9.17) is 9.97 Å². The van der Waals surface area contributed by atoms with Crippen LogP contribution in [0.4, 0.5) is 5.95 Å². The summed E-state index contributed by atoms with van der Waals surface area (Å²) in [5, 5.41) is 1.03. The molecule has 2 aromatic heterocycles. The number of aryl methyl sites for hydroxylation is 1. The van der Waals surface area contributed by atoms with Gasteiger partial charge in [-0.3, -0.25) is 0 Å². The van der Waals surface area contributed by atoms with Crippen LogP contribution in [0.2, 0.25) is 0 Å². The van der Waals surface area contributed by atoms with E-state index in [9.17, 15) is 0 Å². The molecule has 2 aromatic carbocycles. The molecule has 1 fully saturated rings. The third-order valence-corrected chi connectivity index (χ3v) is 6.53. The van der Waals surface area contributed by atoms with Gasteiger partial charge in [0.15, 0.2) is 0 Å². The highest BCUT2D eigenvalue weighted by molar-refractivity contribution is 7.18. The molecule has 0 atom stereocenters. The second kappa shape index (κ2) is 7.76. The van der Waals surface area contributed by atoms with Gasteiger partial charge in [-0.15, -0.1) is 11.3 Å².